The van der Waals surface area contributed by atoms with E-state index in [2.05, 4.69) is 4.98 Å². The highest BCUT2D eigenvalue weighted by molar-refractivity contribution is 5.87. The third kappa shape index (κ3) is 1.60. The summed E-state index contributed by atoms with van der Waals surface area (Å²) in [5.74, 6) is 1.63. The highest BCUT2D eigenvalue weighted by atomic mass is 16.4. The summed E-state index contributed by atoms with van der Waals surface area (Å²) in [6, 6.07) is 0. The van der Waals surface area contributed by atoms with Crippen molar-refractivity contribution in [3.8, 4) is 0 Å². The number of aromatic nitrogens is 2. The number of hydrogen-bond acceptors (Lipinski definition) is 2. The Hall–Kier alpha value is -1.32. The Morgan fingerprint density at radius 2 is 1.85 bits per heavy atom. The van der Waals surface area contributed by atoms with Gasteiger partial charge in [0.1, 0.15) is 0 Å². The van der Waals surface area contributed by atoms with Gasteiger partial charge in [-0.1, -0.05) is 0 Å². The van der Waals surface area contributed by atoms with E-state index in [0.29, 0.717) is 12.2 Å². The largest absolute Gasteiger partial charge is 0.477 e. The van der Waals surface area contributed by atoms with E-state index in [1.54, 1.807) is 10.9 Å². The Labute approximate surface area is 119 Å². The summed E-state index contributed by atoms with van der Waals surface area (Å²) in [4.78, 5) is 16.3. The highest BCUT2D eigenvalue weighted by Gasteiger charge is 2.53. The summed E-state index contributed by atoms with van der Waals surface area (Å²) < 4.78 is 1.80. The molecule has 0 radical (unpaired) electrons. The molecule has 0 spiro atoms. The number of aryl methyl sites for hydroxylation is 1. The first-order valence-electron chi connectivity index (χ1n) is 7.90. The van der Waals surface area contributed by atoms with Crippen molar-refractivity contribution < 1.29 is 9.90 Å². The molecule has 0 aliphatic heterocycles. The van der Waals surface area contributed by atoms with Crippen LogP contribution in [0.15, 0.2) is 6.33 Å². The van der Waals surface area contributed by atoms with Gasteiger partial charge in [-0.15, -0.1) is 0 Å². The van der Waals surface area contributed by atoms with Gasteiger partial charge in [-0.3, -0.25) is 0 Å². The van der Waals surface area contributed by atoms with Crippen molar-refractivity contribution in [3.05, 3.63) is 17.7 Å². The van der Waals surface area contributed by atoms with Crippen molar-refractivity contribution in [1.29, 1.82) is 0 Å². The number of carboxylic acids is 1. The molecule has 1 aromatic rings. The zero-order valence-corrected chi connectivity index (χ0v) is 12.0. The van der Waals surface area contributed by atoms with Gasteiger partial charge in [-0.05, 0) is 63.2 Å². The Morgan fingerprint density at radius 3 is 2.30 bits per heavy atom. The van der Waals surface area contributed by atoms with E-state index in [0.717, 1.165) is 23.4 Å². The van der Waals surface area contributed by atoms with Crippen LogP contribution in [0.1, 0.15) is 61.6 Å². The van der Waals surface area contributed by atoms with Crippen LogP contribution in [0.25, 0.3) is 0 Å². The van der Waals surface area contributed by atoms with Crippen LogP contribution in [0.5, 0.6) is 0 Å². The monoisotopic (exact) mass is 274 g/mol. The zero-order chi connectivity index (χ0) is 13.9. The lowest BCUT2D eigenvalue weighted by atomic mass is 9.48. The van der Waals surface area contributed by atoms with Crippen molar-refractivity contribution in [2.75, 3.05) is 0 Å². The van der Waals surface area contributed by atoms with E-state index in [1.165, 1.54) is 38.5 Å². The lowest BCUT2D eigenvalue weighted by molar-refractivity contribution is -0.00776. The van der Waals surface area contributed by atoms with Gasteiger partial charge in [0.25, 0.3) is 0 Å². The van der Waals surface area contributed by atoms with E-state index in [1.807, 2.05) is 6.92 Å². The second-order valence-electron chi connectivity index (χ2n) is 7.23. The van der Waals surface area contributed by atoms with E-state index in [9.17, 15) is 9.90 Å². The average molecular weight is 274 g/mol. The van der Waals surface area contributed by atoms with Gasteiger partial charge in [-0.25, -0.2) is 9.78 Å². The van der Waals surface area contributed by atoms with Gasteiger partial charge >= 0.3 is 5.97 Å². The maximum atomic E-state index is 11.7. The van der Waals surface area contributed by atoms with Gasteiger partial charge in [-0.2, -0.15) is 0 Å². The summed E-state index contributed by atoms with van der Waals surface area (Å²) >= 11 is 0. The fraction of sp³-hybridized carbons (Fsp3) is 0.750. The molecule has 4 heteroatoms. The van der Waals surface area contributed by atoms with Gasteiger partial charge in [0, 0.05) is 12.0 Å². The summed E-state index contributed by atoms with van der Waals surface area (Å²) in [5.41, 5.74) is 1.42. The average Bonchev–Trinajstić information content (AvgIpc) is 2.81. The smallest absolute Gasteiger partial charge is 0.354 e. The lowest BCUT2D eigenvalue weighted by Gasteiger charge is -2.56. The Bertz CT molecular complexity index is 526. The predicted molar refractivity (Wildman–Crippen MR) is 74.7 cm³/mol. The maximum Gasteiger partial charge on any atom is 0.354 e. The minimum atomic E-state index is -0.810. The molecule has 108 valence electrons. The molecule has 20 heavy (non-hydrogen) atoms. The van der Waals surface area contributed by atoms with Crippen LogP contribution < -0.4 is 0 Å². The number of aromatic carboxylic acids is 1. The van der Waals surface area contributed by atoms with Crippen molar-refractivity contribution in [2.24, 2.45) is 17.8 Å². The van der Waals surface area contributed by atoms with E-state index in [4.69, 9.17) is 0 Å². The van der Waals surface area contributed by atoms with Crippen molar-refractivity contribution in [2.45, 2.75) is 57.4 Å². The quantitative estimate of drug-likeness (QED) is 0.921. The first-order chi connectivity index (χ1) is 9.61. The van der Waals surface area contributed by atoms with Crippen LogP contribution in [-0.2, 0) is 12.0 Å². The molecule has 0 unspecified atom stereocenters. The third-order valence-corrected chi connectivity index (χ3v) is 5.92. The first-order valence-corrected chi connectivity index (χ1v) is 7.90. The zero-order valence-electron chi connectivity index (χ0n) is 12.0. The minimum Gasteiger partial charge on any atom is -0.477 e. The number of carbonyl (C=O) groups is 1. The molecule has 4 fully saturated rings. The van der Waals surface area contributed by atoms with Crippen LogP contribution in [-0.4, -0.2) is 20.6 Å². The predicted octanol–water partition coefficient (Wildman–Crippen LogP) is 3.07. The van der Waals surface area contributed by atoms with Gasteiger partial charge < -0.3 is 9.67 Å². The second kappa shape index (κ2) is 4.09. The number of nitrogens with zero attached hydrogens (tertiary/aromatic N) is 2. The lowest BCUT2D eigenvalue weighted by Crippen LogP contribution is -2.49. The number of imidazole rings is 1. The van der Waals surface area contributed by atoms with E-state index >= 15 is 0 Å². The van der Waals surface area contributed by atoms with Gasteiger partial charge in [0.2, 0.25) is 0 Å². The third-order valence-electron chi connectivity index (χ3n) is 5.92. The SMILES string of the molecule is CCn1cnc(C23CC4CC(CC(C4)C2)C3)c1C(=O)O. The van der Waals surface area contributed by atoms with Crippen LogP contribution in [0, 0.1) is 17.8 Å². The Kier molecular flexibility index (Phi) is 2.54. The molecule has 0 amide bonds. The molecule has 4 aliphatic carbocycles. The summed E-state index contributed by atoms with van der Waals surface area (Å²) in [6.07, 6.45) is 9.35. The van der Waals surface area contributed by atoms with Crippen LogP contribution in [0.4, 0.5) is 0 Å². The second-order valence-corrected chi connectivity index (χ2v) is 7.23. The minimum absolute atomic E-state index is 0.0723. The molecule has 1 N–H and O–H groups in total. The summed E-state index contributed by atoms with van der Waals surface area (Å²) in [5, 5.41) is 9.61. The normalized spacial score (nSPS) is 38.4. The molecular weight excluding hydrogens is 252 g/mol. The molecule has 1 aromatic heterocycles. The van der Waals surface area contributed by atoms with Gasteiger partial charge in [0.15, 0.2) is 5.69 Å². The van der Waals surface area contributed by atoms with Crippen molar-refractivity contribution in [3.63, 3.8) is 0 Å². The van der Waals surface area contributed by atoms with Crippen molar-refractivity contribution >= 4 is 5.97 Å². The fourth-order valence-corrected chi connectivity index (χ4v) is 5.64. The topological polar surface area (TPSA) is 55.1 Å². The molecule has 0 saturated heterocycles. The number of carboxylic acid groups (broad SMARTS) is 1. The van der Waals surface area contributed by atoms with Crippen molar-refractivity contribution in [1.82, 2.24) is 9.55 Å². The molecule has 0 aromatic carbocycles. The molecule has 0 atom stereocenters. The first kappa shape index (κ1) is 12.4. The summed E-state index contributed by atoms with van der Waals surface area (Å²) in [7, 11) is 0. The van der Waals surface area contributed by atoms with E-state index < -0.39 is 5.97 Å². The molecule has 1 heterocycles. The maximum absolute atomic E-state index is 11.7. The molecule has 4 aliphatic rings. The van der Waals surface area contributed by atoms with Gasteiger partial charge in [0.05, 0.1) is 12.0 Å². The number of rotatable bonds is 3. The molecular formula is C16H22N2O2. The Morgan fingerprint density at radius 1 is 1.30 bits per heavy atom. The molecule has 4 bridgehead atoms. The molecule has 4 saturated carbocycles. The standard InChI is InChI=1S/C16H22N2O2/c1-2-18-9-17-14(13(18)15(19)20)16-6-10-3-11(7-16)5-12(4-10)8-16/h9-12H,2-8H2,1H3,(H,19,20). The van der Waals surface area contributed by atoms with E-state index in [-0.39, 0.29) is 5.41 Å². The number of hydrogen-bond donors (Lipinski definition) is 1. The van der Waals surface area contributed by atoms with Crippen LogP contribution in [0.2, 0.25) is 0 Å². The highest BCUT2D eigenvalue weighted by Crippen LogP contribution is 2.60. The van der Waals surface area contributed by atoms with Crippen LogP contribution in [0.3, 0.4) is 0 Å². The molecule has 4 nitrogen and oxygen atoms in total. The fourth-order valence-electron chi connectivity index (χ4n) is 5.64. The molecule has 5 rings (SSSR count). The summed E-state index contributed by atoms with van der Waals surface area (Å²) in [6.45, 7) is 2.67. The Balaban J connectivity index is 1.81. The van der Waals surface area contributed by atoms with Crippen LogP contribution >= 0.6 is 0 Å².